The van der Waals surface area contributed by atoms with E-state index in [4.69, 9.17) is 17.3 Å². The van der Waals surface area contributed by atoms with Gasteiger partial charge in [-0.2, -0.15) is 0 Å². The zero-order valence-corrected chi connectivity index (χ0v) is 7.76. The van der Waals surface area contributed by atoms with Crippen molar-refractivity contribution in [2.24, 2.45) is 5.73 Å². The quantitative estimate of drug-likeness (QED) is 0.626. The molecule has 1 rings (SSSR count). The maximum absolute atomic E-state index is 12.5. The summed E-state index contributed by atoms with van der Waals surface area (Å²) in [5.41, 5.74) is 4.81. The molecule has 1 aromatic rings. The van der Waals surface area contributed by atoms with Crippen LogP contribution in [0, 0.1) is 0 Å². The van der Waals surface area contributed by atoms with E-state index in [1.165, 1.54) is 0 Å². The first-order chi connectivity index (χ1) is 6.60. The summed E-state index contributed by atoms with van der Waals surface area (Å²) >= 11 is 5.46. The highest BCUT2D eigenvalue weighted by molar-refractivity contribution is 6.29. The number of aldehydes is 1. The Hall–Kier alpha value is -1.07. The SMILES string of the molecule is NCc1c(C(F)F)cc(Cl)nc1C=O. The number of carbonyl (C=O) groups is 1. The van der Waals surface area contributed by atoms with Gasteiger partial charge in [0.25, 0.3) is 6.43 Å². The van der Waals surface area contributed by atoms with Crippen molar-refractivity contribution < 1.29 is 13.6 Å². The number of pyridine rings is 1. The number of alkyl halides is 2. The fraction of sp³-hybridized carbons (Fsp3) is 0.250. The van der Waals surface area contributed by atoms with Crippen molar-refractivity contribution in [2.75, 3.05) is 0 Å². The van der Waals surface area contributed by atoms with E-state index in [2.05, 4.69) is 4.98 Å². The highest BCUT2D eigenvalue weighted by atomic mass is 35.5. The van der Waals surface area contributed by atoms with Gasteiger partial charge < -0.3 is 5.73 Å². The molecule has 0 aliphatic heterocycles. The molecule has 0 amide bonds. The Kier molecular flexibility index (Phi) is 3.49. The number of hydrogen-bond donors (Lipinski definition) is 1. The summed E-state index contributed by atoms with van der Waals surface area (Å²) in [7, 11) is 0. The number of hydrogen-bond acceptors (Lipinski definition) is 3. The molecule has 3 nitrogen and oxygen atoms in total. The van der Waals surface area contributed by atoms with Crippen molar-refractivity contribution in [3.05, 3.63) is 28.0 Å². The molecule has 0 bridgehead atoms. The molecule has 1 aromatic heterocycles. The summed E-state index contributed by atoms with van der Waals surface area (Å²) in [5, 5.41) is -0.139. The molecule has 0 saturated heterocycles. The Morgan fingerprint density at radius 1 is 1.64 bits per heavy atom. The zero-order valence-electron chi connectivity index (χ0n) is 7.01. The standard InChI is InChI=1S/C8H7ClF2N2O/c9-7-1-4(8(10)11)5(2-12)6(3-14)13-7/h1,3,8H,2,12H2. The summed E-state index contributed by atoms with van der Waals surface area (Å²) in [6, 6.07) is 1.02. The van der Waals surface area contributed by atoms with Gasteiger partial charge in [0, 0.05) is 17.7 Å². The lowest BCUT2D eigenvalue weighted by Crippen LogP contribution is -2.08. The van der Waals surface area contributed by atoms with E-state index < -0.39 is 6.43 Å². The van der Waals surface area contributed by atoms with Crippen molar-refractivity contribution in [3.8, 4) is 0 Å². The van der Waals surface area contributed by atoms with Crippen LogP contribution in [-0.4, -0.2) is 11.3 Å². The Morgan fingerprint density at radius 3 is 2.71 bits per heavy atom. The maximum Gasteiger partial charge on any atom is 0.264 e. The average molecular weight is 221 g/mol. The third-order valence-electron chi connectivity index (χ3n) is 1.71. The van der Waals surface area contributed by atoms with Crippen LogP contribution in [0.2, 0.25) is 5.15 Å². The van der Waals surface area contributed by atoms with Crippen LogP contribution >= 0.6 is 11.6 Å². The predicted octanol–water partition coefficient (Wildman–Crippen LogP) is 1.94. The Bertz CT molecular complexity index is 357. The van der Waals surface area contributed by atoms with Gasteiger partial charge in [0.1, 0.15) is 10.8 Å². The van der Waals surface area contributed by atoms with Gasteiger partial charge in [-0.25, -0.2) is 13.8 Å². The van der Waals surface area contributed by atoms with Crippen molar-refractivity contribution in [1.82, 2.24) is 4.98 Å². The van der Waals surface area contributed by atoms with E-state index in [0.29, 0.717) is 6.29 Å². The molecule has 2 N–H and O–H groups in total. The summed E-state index contributed by atoms with van der Waals surface area (Å²) < 4.78 is 24.9. The number of rotatable bonds is 3. The molecule has 0 spiro atoms. The monoisotopic (exact) mass is 220 g/mol. The molecule has 0 atom stereocenters. The summed E-state index contributed by atoms with van der Waals surface area (Å²) in [5.74, 6) is 0. The largest absolute Gasteiger partial charge is 0.326 e. The first-order valence-electron chi connectivity index (χ1n) is 3.72. The molecule has 14 heavy (non-hydrogen) atoms. The van der Waals surface area contributed by atoms with Crippen LogP contribution in [0.5, 0.6) is 0 Å². The molecule has 76 valence electrons. The molecule has 6 heteroatoms. The molecule has 1 heterocycles. The number of aromatic nitrogens is 1. The smallest absolute Gasteiger partial charge is 0.264 e. The highest BCUT2D eigenvalue weighted by Crippen LogP contribution is 2.26. The molecule has 0 aliphatic carbocycles. The third kappa shape index (κ3) is 2.05. The maximum atomic E-state index is 12.5. The number of nitrogens with two attached hydrogens (primary N) is 1. The van der Waals surface area contributed by atoms with Gasteiger partial charge in [0.15, 0.2) is 6.29 Å². The lowest BCUT2D eigenvalue weighted by atomic mass is 10.1. The fourth-order valence-electron chi connectivity index (χ4n) is 1.09. The Balaban J connectivity index is 3.39. The topological polar surface area (TPSA) is 56.0 Å². The van der Waals surface area contributed by atoms with Crippen molar-refractivity contribution in [1.29, 1.82) is 0 Å². The summed E-state index contributed by atoms with van der Waals surface area (Å²) in [6.07, 6.45) is -2.35. The molecule has 0 unspecified atom stereocenters. The van der Waals surface area contributed by atoms with E-state index in [1.54, 1.807) is 0 Å². The second-order valence-corrected chi connectivity index (χ2v) is 2.91. The Morgan fingerprint density at radius 2 is 2.29 bits per heavy atom. The molecule has 0 aromatic carbocycles. The molecule has 0 radical (unpaired) electrons. The minimum Gasteiger partial charge on any atom is -0.326 e. The van der Waals surface area contributed by atoms with Crippen molar-refractivity contribution in [2.45, 2.75) is 13.0 Å². The molecule has 0 saturated carbocycles. The van der Waals surface area contributed by atoms with Gasteiger partial charge in [-0.15, -0.1) is 0 Å². The van der Waals surface area contributed by atoms with Gasteiger partial charge in [-0.3, -0.25) is 4.79 Å². The zero-order chi connectivity index (χ0) is 10.7. The van der Waals surface area contributed by atoms with Crippen molar-refractivity contribution in [3.63, 3.8) is 0 Å². The van der Waals surface area contributed by atoms with Crippen LogP contribution in [0.25, 0.3) is 0 Å². The first-order valence-corrected chi connectivity index (χ1v) is 4.10. The number of nitrogens with zero attached hydrogens (tertiary/aromatic N) is 1. The first kappa shape index (κ1) is 11.0. The van der Waals surface area contributed by atoms with Gasteiger partial charge in [-0.1, -0.05) is 11.6 Å². The molecular weight excluding hydrogens is 214 g/mol. The fourth-order valence-corrected chi connectivity index (χ4v) is 1.30. The average Bonchev–Trinajstić information content (AvgIpc) is 2.16. The van der Waals surface area contributed by atoms with Gasteiger partial charge in [-0.05, 0) is 6.07 Å². The van der Waals surface area contributed by atoms with Gasteiger partial charge >= 0.3 is 0 Å². The van der Waals surface area contributed by atoms with E-state index in [-0.39, 0.29) is 28.5 Å². The van der Waals surface area contributed by atoms with Crippen LogP contribution in [0.15, 0.2) is 6.07 Å². The molecular formula is C8H7ClF2N2O. The number of carbonyl (C=O) groups excluding carboxylic acids is 1. The minimum atomic E-state index is -2.72. The lowest BCUT2D eigenvalue weighted by molar-refractivity contribution is 0.111. The molecule has 0 aliphatic rings. The minimum absolute atomic E-state index is 0.0411. The van der Waals surface area contributed by atoms with Gasteiger partial charge in [0.05, 0.1) is 0 Å². The molecule has 0 fully saturated rings. The van der Waals surface area contributed by atoms with E-state index >= 15 is 0 Å². The normalized spacial score (nSPS) is 10.6. The van der Waals surface area contributed by atoms with E-state index in [9.17, 15) is 13.6 Å². The predicted molar refractivity (Wildman–Crippen MR) is 47.5 cm³/mol. The third-order valence-corrected chi connectivity index (χ3v) is 1.90. The van der Waals surface area contributed by atoms with E-state index in [0.717, 1.165) is 6.07 Å². The van der Waals surface area contributed by atoms with Crippen LogP contribution in [0.3, 0.4) is 0 Å². The second-order valence-electron chi connectivity index (χ2n) is 2.52. The van der Waals surface area contributed by atoms with Crippen LogP contribution in [0.4, 0.5) is 8.78 Å². The summed E-state index contributed by atoms with van der Waals surface area (Å²) in [6.45, 7) is -0.169. The number of halogens is 3. The summed E-state index contributed by atoms with van der Waals surface area (Å²) in [4.78, 5) is 14.1. The highest BCUT2D eigenvalue weighted by Gasteiger charge is 2.17. The van der Waals surface area contributed by atoms with Crippen LogP contribution in [0.1, 0.15) is 28.0 Å². The van der Waals surface area contributed by atoms with Gasteiger partial charge in [0.2, 0.25) is 0 Å². The van der Waals surface area contributed by atoms with E-state index in [1.807, 2.05) is 0 Å². The lowest BCUT2D eigenvalue weighted by Gasteiger charge is -2.08. The Labute approximate surface area is 83.9 Å². The van der Waals surface area contributed by atoms with Crippen molar-refractivity contribution >= 4 is 17.9 Å². The van der Waals surface area contributed by atoms with Crippen LogP contribution in [-0.2, 0) is 6.54 Å². The second kappa shape index (κ2) is 4.43. The van der Waals surface area contributed by atoms with Crippen LogP contribution < -0.4 is 5.73 Å².